The predicted octanol–water partition coefficient (Wildman–Crippen LogP) is 2.14. The zero-order valence-corrected chi connectivity index (χ0v) is 13.2. The molecule has 0 atom stereocenters. The molecule has 0 saturated heterocycles. The summed E-state index contributed by atoms with van der Waals surface area (Å²) in [5.74, 6) is 8.11. The van der Waals surface area contributed by atoms with Gasteiger partial charge in [0.25, 0.3) is 0 Å². The van der Waals surface area contributed by atoms with E-state index in [4.69, 9.17) is 10.6 Å². The van der Waals surface area contributed by atoms with Crippen LogP contribution < -0.4 is 16.6 Å². The molecule has 0 amide bonds. The molecule has 1 rings (SSSR count). The normalized spacial score (nSPS) is 11.8. The van der Waals surface area contributed by atoms with E-state index in [-0.39, 0.29) is 5.41 Å². The smallest absolute Gasteiger partial charge is 0.145 e. The van der Waals surface area contributed by atoms with E-state index >= 15 is 0 Å². The third kappa shape index (κ3) is 5.71. The van der Waals surface area contributed by atoms with Gasteiger partial charge in [-0.3, -0.25) is 0 Å². The molecule has 6 heteroatoms. The first-order valence-electron chi connectivity index (χ1n) is 7.00. The van der Waals surface area contributed by atoms with E-state index < -0.39 is 0 Å². The predicted molar refractivity (Wildman–Crippen MR) is 82.7 cm³/mol. The molecule has 114 valence electrons. The Kier molecular flexibility index (Phi) is 6.16. The van der Waals surface area contributed by atoms with Gasteiger partial charge in [0, 0.05) is 24.6 Å². The molecule has 0 saturated carbocycles. The zero-order chi connectivity index (χ0) is 15.2. The van der Waals surface area contributed by atoms with E-state index in [0.717, 1.165) is 18.2 Å². The van der Waals surface area contributed by atoms with Crippen LogP contribution in [0, 0.1) is 5.92 Å². The number of nitrogens with two attached hydrogens (primary N) is 1. The van der Waals surface area contributed by atoms with Crippen LogP contribution in [0.15, 0.2) is 6.07 Å². The van der Waals surface area contributed by atoms with Crippen LogP contribution in [0.1, 0.15) is 40.4 Å². The molecule has 0 aliphatic rings. The van der Waals surface area contributed by atoms with Gasteiger partial charge in [-0.2, -0.15) is 0 Å². The Morgan fingerprint density at radius 2 is 1.90 bits per heavy atom. The number of nitrogen functional groups attached to an aromatic ring is 1. The Hall–Kier alpha value is -1.40. The molecule has 4 N–H and O–H groups in total. The number of hydrazine groups is 1. The molecule has 6 nitrogen and oxygen atoms in total. The minimum Gasteiger partial charge on any atom is -0.379 e. The van der Waals surface area contributed by atoms with Crippen LogP contribution in [0.2, 0.25) is 0 Å². The molecule has 1 heterocycles. The lowest BCUT2D eigenvalue weighted by atomic mass is 9.96. The van der Waals surface area contributed by atoms with Crippen molar-refractivity contribution in [1.82, 2.24) is 9.97 Å². The molecule has 1 aromatic rings. The summed E-state index contributed by atoms with van der Waals surface area (Å²) in [6, 6.07) is 1.79. The van der Waals surface area contributed by atoms with Crippen molar-refractivity contribution in [2.24, 2.45) is 11.8 Å². The van der Waals surface area contributed by atoms with Crippen LogP contribution in [-0.2, 0) is 10.2 Å². The fourth-order valence-corrected chi connectivity index (χ4v) is 1.52. The third-order valence-corrected chi connectivity index (χ3v) is 2.55. The second-order valence-corrected chi connectivity index (χ2v) is 6.25. The Morgan fingerprint density at radius 3 is 2.45 bits per heavy atom. The summed E-state index contributed by atoms with van der Waals surface area (Å²) in [5.41, 5.74) is 2.45. The molecule has 0 spiro atoms. The summed E-state index contributed by atoms with van der Waals surface area (Å²) >= 11 is 0. The standard InChI is InChI=1S/C14H27N5O/c1-10(2)9-20-7-6-16-11-8-12(19-15)18-13(17-11)14(3,4)5/h8,10H,6-7,9,15H2,1-5H3,(H2,16,17,18,19). The topological polar surface area (TPSA) is 85.1 Å². The quantitative estimate of drug-likeness (QED) is 0.403. The van der Waals surface area contributed by atoms with Gasteiger partial charge >= 0.3 is 0 Å². The van der Waals surface area contributed by atoms with E-state index in [9.17, 15) is 0 Å². The highest BCUT2D eigenvalue weighted by Crippen LogP contribution is 2.21. The van der Waals surface area contributed by atoms with Gasteiger partial charge in [0.1, 0.15) is 17.5 Å². The second-order valence-electron chi connectivity index (χ2n) is 6.25. The van der Waals surface area contributed by atoms with Gasteiger partial charge in [-0.1, -0.05) is 34.6 Å². The molecule has 0 fully saturated rings. The maximum atomic E-state index is 5.52. The summed E-state index contributed by atoms with van der Waals surface area (Å²) in [6.45, 7) is 12.6. The average molecular weight is 281 g/mol. The first-order chi connectivity index (χ1) is 9.32. The van der Waals surface area contributed by atoms with Crippen LogP contribution in [-0.4, -0.2) is 29.7 Å². The number of hydrogen-bond donors (Lipinski definition) is 3. The van der Waals surface area contributed by atoms with Crippen molar-refractivity contribution in [3.63, 3.8) is 0 Å². The number of nitrogens with one attached hydrogen (secondary N) is 2. The van der Waals surface area contributed by atoms with Crippen molar-refractivity contribution in [3.05, 3.63) is 11.9 Å². The lowest BCUT2D eigenvalue weighted by Gasteiger charge is -2.18. The van der Waals surface area contributed by atoms with Crippen molar-refractivity contribution >= 4 is 11.6 Å². The fraction of sp³-hybridized carbons (Fsp3) is 0.714. The summed E-state index contributed by atoms with van der Waals surface area (Å²) in [5, 5.41) is 3.23. The molecule has 0 radical (unpaired) electrons. The van der Waals surface area contributed by atoms with Crippen LogP contribution in [0.5, 0.6) is 0 Å². The summed E-state index contributed by atoms with van der Waals surface area (Å²) < 4.78 is 5.52. The van der Waals surface area contributed by atoms with Crippen molar-refractivity contribution in [2.45, 2.75) is 40.0 Å². The Morgan fingerprint density at radius 1 is 1.25 bits per heavy atom. The number of nitrogens with zero attached hydrogens (tertiary/aromatic N) is 2. The number of aromatic nitrogens is 2. The SMILES string of the molecule is CC(C)COCCNc1cc(NN)nc(C(C)(C)C)n1. The highest BCUT2D eigenvalue weighted by molar-refractivity contribution is 5.47. The van der Waals surface area contributed by atoms with Gasteiger partial charge in [-0.05, 0) is 5.92 Å². The Labute approximate surface area is 121 Å². The van der Waals surface area contributed by atoms with Gasteiger partial charge in [0.2, 0.25) is 0 Å². The molecule has 0 unspecified atom stereocenters. The largest absolute Gasteiger partial charge is 0.379 e. The maximum Gasteiger partial charge on any atom is 0.145 e. The average Bonchev–Trinajstić information content (AvgIpc) is 2.36. The first-order valence-corrected chi connectivity index (χ1v) is 7.00. The molecule has 20 heavy (non-hydrogen) atoms. The maximum absolute atomic E-state index is 5.52. The van der Waals surface area contributed by atoms with Crippen LogP contribution in [0.3, 0.4) is 0 Å². The highest BCUT2D eigenvalue weighted by atomic mass is 16.5. The Bertz CT molecular complexity index is 415. The van der Waals surface area contributed by atoms with Gasteiger partial charge in [0.15, 0.2) is 0 Å². The van der Waals surface area contributed by atoms with E-state index in [0.29, 0.717) is 24.9 Å². The van der Waals surface area contributed by atoms with E-state index in [2.05, 4.69) is 55.3 Å². The minimum absolute atomic E-state index is 0.128. The van der Waals surface area contributed by atoms with Crippen molar-refractivity contribution in [2.75, 3.05) is 30.5 Å². The van der Waals surface area contributed by atoms with Crippen LogP contribution in [0.25, 0.3) is 0 Å². The number of rotatable bonds is 7. The number of hydrogen-bond acceptors (Lipinski definition) is 6. The van der Waals surface area contributed by atoms with Crippen molar-refractivity contribution in [1.29, 1.82) is 0 Å². The van der Waals surface area contributed by atoms with Gasteiger partial charge in [0.05, 0.1) is 6.61 Å². The molecular formula is C14H27N5O. The zero-order valence-electron chi connectivity index (χ0n) is 13.2. The fourth-order valence-electron chi connectivity index (χ4n) is 1.52. The molecule has 0 aliphatic carbocycles. The van der Waals surface area contributed by atoms with E-state index in [1.54, 1.807) is 6.07 Å². The second kappa shape index (κ2) is 7.40. The number of anilines is 2. The van der Waals surface area contributed by atoms with Gasteiger partial charge < -0.3 is 15.5 Å². The first kappa shape index (κ1) is 16.7. The van der Waals surface area contributed by atoms with Crippen LogP contribution >= 0.6 is 0 Å². The van der Waals surface area contributed by atoms with Crippen molar-refractivity contribution < 1.29 is 4.74 Å². The summed E-state index contributed by atoms with van der Waals surface area (Å²) in [4.78, 5) is 8.88. The summed E-state index contributed by atoms with van der Waals surface area (Å²) in [6.07, 6.45) is 0. The molecular weight excluding hydrogens is 254 g/mol. The highest BCUT2D eigenvalue weighted by Gasteiger charge is 2.18. The van der Waals surface area contributed by atoms with Gasteiger partial charge in [-0.15, -0.1) is 0 Å². The number of ether oxygens (including phenoxy) is 1. The van der Waals surface area contributed by atoms with Gasteiger partial charge in [-0.25, -0.2) is 15.8 Å². The van der Waals surface area contributed by atoms with Crippen molar-refractivity contribution in [3.8, 4) is 0 Å². The molecule has 0 bridgehead atoms. The summed E-state index contributed by atoms with van der Waals surface area (Å²) in [7, 11) is 0. The minimum atomic E-state index is -0.128. The van der Waals surface area contributed by atoms with Crippen LogP contribution in [0.4, 0.5) is 11.6 Å². The van der Waals surface area contributed by atoms with E-state index in [1.165, 1.54) is 0 Å². The lowest BCUT2D eigenvalue weighted by molar-refractivity contribution is 0.118. The third-order valence-electron chi connectivity index (χ3n) is 2.55. The monoisotopic (exact) mass is 281 g/mol. The molecule has 0 aliphatic heterocycles. The van der Waals surface area contributed by atoms with E-state index in [1.807, 2.05) is 0 Å². The molecule has 1 aromatic heterocycles. The Balaban J connectivity index is 2.61. The lowest BCUT2D eigenvalue weighted by Crippen LogP contribution is -2.21. The molecule has 0 aromatic carbocycles.